The number of benzene rings is 2. The molecule has 2 heterocycles. The molecule has 2 aliphatic rings. The van der Waals surface area contributed by atoms with Crippen molar-refractivity contribution >= 4 is 28.8 Å². The zero-order valence-electron chi connectivity index (χ0n) is 21.5. The maximum atomic E-state index is 15.4. The van der Waals surface area contributed by atoms with Crippen LogP contribution < -0.4 is 10.1 Å². The van der Waals surface area contributed by atoms with Gasteiger partial charge in [0, 0.05) is 18.3 Å². The summed E-state index contributed by atoms with van der Waals surface area (Å²) in [6, 6.07) is 15.5. The van der Waals surface area contributed by atoms with Crippen molar-refractivity contribution < 1.29 is 27.4 Å². The fourth-order valence-corrected chi connectivity index (χ4v) is 6.60. The molecule has 0 bridgehead atoms. The number of rotatable bonds is 7. The lowest BCUT2D eigenvalue weighted by molar-refractivity contribution is 0.0685. The predicted octanol–water partition coefficient (Wildman–Crippen LogP) is 5.67. The molecule has 5 rings (SSSR count). The third-order valence-electron chi connectivity index (χ3n) is 7.29. The molecule has 3 atom stereocenters. The maximum Gasteiger partial charge on any atom is 0.272 e. The van der Waals surface area contributed by atoms with Crippen LogP contribution in [0.1, 0.15) is 34.9 Å². The molecule has 0 radical (unpaired) electrons. The van der Waals surface area contributed by atoms with Gasteiger partial charge < -0.3 is 15.2 Å². The Morgan fingerprint density at radius 1 is 1.20 bits per heavy atom. The van der Waals surface area contributed by atoms with Crippen LogP contribution in [0.15, 0.2) is 65.8 Å². The number of alkyl halides is 2. The molecule has 2 N–H and O–H groups in total. The minimum absolute atomic E-state index is 0.0405. The van der Waals surface area contributed by atoms with E-state index in [4.69, 9.17) is 10.00 Å². The number of aromatic nitrogens is 1. The van der Waals surface area contributed by atoms with Crippen LogP contribution in [0.3, 0.4) is 0 Å². The molecule has 11 heteroatoms. The summed E-state index contributed by atoms with van der Waals surface area (Å²) >= 11 is 0.748. The summed E-state index contributed by atoms with van der Waals surface area (Å²) in [6.45, 7) is 0.814. The topological polar surface area (TPSA) is 90.5 Å². The quantitative estimate of drug-likeness (QED) is 0.357. The normalized spacial score (nSPS) is 24.9. The SMILES string of the molecule is COc1ccc(CNC2=N[C@](C)(c3cc(/C=C(\F)c4ccc(C#N)cn4)ccc3F)[C@H]3C(F)(F)[C@]3(CO)S2)cc1. The number of aliphatic hydroxyl groups is 1. The average molecular weight is 569 g/mol. The van der Waals surface area contributed by atoms with Gasteiger partial charge in [0.1, 0.15) is 28.2 Å². The van der Waals surface area contributed by atoms with Crippen molar-refractivity contribution in [2.75, 3.05) is 13.7 Å². The highest BCUT2D eigenvalue weighted by molar-refractivity contribution is 8.15. The fraction of sp³-hybridized carbons (Fsp3) is 0.276. The molecule has 1 aliphatic carbocycles. The molecule has 0 unspecified atom stereocenters. The number of halogens is 4. The Hall–Kier alpha value is -3.88. The van der Waals surface area contributed by atoms with Crippen molar-refractivity contribution in [1.29, 1.82) is 5.26 Å². The lowest BCUT2D eigenvalue weighted by Crippen LogP contribution is -2.39. The molecule has 1 aromatic heterocycles. The summed E-state index contributed by atoms with van der Waals surface area (Å²) in [5, 5.41) is 22.2. The first-order valence-corrected chi connectivity index (χ1v) is 13.1. The number of nitrogens with zero attached hydrogens (tertiary/aromatic N) is 3. The van der Waals surface area contributed by atoms with Crippen molar-refractivity contribution in [3.8, 4) is 11.8 Å². The van der Waals surface area contributed by atoms with Gasteiger partial charge in [-0.3, -0.25) is 9.98 Å². The van der Waals surface area contributed by atoms with E-state index in [9.17, 15) is 9.50 Å². The summed E-state index contributed by atoms with van der Waals surface area (Å²) < 4.78 is 64.2. The molecule has 206 valence electrons. The van der Waals surface area contributed by atoms with Gasteiger partial charge in [0.2, 0.25) is 0 Å². The van der Waals surface area contributed by atoms with Crippen LogP contribution in [0, 0.1) is 23.1 Å². The van der Waals surface area contributed by atoms with E-state index in [0.717, 1.165) is 29.5 Å². The molecule has 2 aromatic carbocycles. The highest BCUT2D eigenvalue weighted by atomic mass is 32.2. The molecule has 1 saturated carbocycles. The van der Waals surface area contributed by atoms with Gasteiger partial charge in [0.25, 0.3) is 5.92 Å². The van der Waals surface area contributed by atoms with Crippen LogP contribution in [0.4, 0.5) is 17.6 Å². The Morgan fingerprint density at radius 2 is 1.95 bits per heavy atom. The van der Waals surface area contributed by atoms with E-state index in [1.54, 1.807) is 19.2 Å². The van der Waals surface area contributed by atoms with Gasteiger partial charge in [-0.05, 0) is 60.5 Å². The minimum Gasteiger partial charge on any atom is -0.497 e. The summed E-state index contributed by atoms with van der Waals surface area (Å²) in [7, 11) is 1.55. The summed E-state index contributed by atoms with van der Waals surface area (Å²) in [5.41, 5.74) is -0.654. The predicted molar refractivity (Wildman–Crippen MR) is 145 cm³/mol. The van der Waals surface area contributed by atoms with Crippen LogP contribution in [0.5, 0.6) is 5.75 Å². The summed E-state index contributed by atoms with van der Waals surface area (Å²) in [4.78, 5) is 8.46. The van der Waals surface area contributed by atoms with E-state index in [1.165, 1.54) is 37.4 Å². The number of thioether (sulfide) groups is 1. The van der Waals surface area contributed by atoms with Crippen molar-refractivity contribution in [1.82, 2.24) is 10.3 Å². The average Bonchev–Trinajstić information content (AvgIpc) is 3.48. The summed E-state index contributed by atoms with van der Waals surface area (Å²) in [5.74, 6) is -5.71. The van der Waals surface area contributed by atoms with Crippen LogP contribution in [0.2, 0.25) is 0 Å². The second-order valence-corrected chi connectivity index (χ2v) is 11.1. The first-order valence-electron chi connectivity index (χ1n) is 12.3. The molecule has 1 fully saturated rings. The minimum atomic E-state index is -3.34. The number of ether oxygens (including phenoxy) is 1. The van der Waals surface area contributed by atoms with Crippen molar-refractivity contribution in [2.45, 2.75) is 29.7 Å². The van der Waals surface area contributed by atoms with Crippen LogP contribution in [-0.4, -0.2) is 39.6 Å². The number of nitriles is 1. The lowest BCUT2D eigenvalue weighted by Gasteiger charge is -2.33. The second-order valence-electron chi connectivity index (χ2n) is 9.75. The van der Waals surface area contributed by atoms with Gasteiger partial charge in [0.05, 0.1) is 36.4 Å². The lowest BCUT2D eigenvalue weighted by atomic mass is 9.84. The Bertz CT molecular complexity index is 1540. The van der Waals surface area contributed by atoms with E-state index in [2.05, 4.69) is 15.3 Å². The number of amidine groups is 1. The number of aliphatic hydroxyl groups excluding tert-OH is 1. The van der Waals surface area contributed by atoms with Gasteiger partial charge in [-0.2, -0.15) is 5.26 Å². The monoisotopic (exact) mass is 568 g/mol. The van der Waals surface area contributed by atoms with Crippen molar-refractivity contribution in [3.05, 3.63) is 94.6 Å². The third-order valence-corrected chi connectivity index (χ3v) is 8.72. The summed E-state index contributed by atoms with van der Waals surface area (Å²) in [6.07, 6.45) is 2.33. The standard InChI is InChI=1S/C29H24F4N4O2S/c1-27(21-11-18(5-9-22(21)30)12-23(31)24-10-6-19(13-34)15-35-24)25-28(16-38,29(25,32)33)40-26(37-27)36-14-17-3-7-20(39-2)8-4-17/h3-12,15,25,38H,14,16H2,1-2H3,(H,36,37)/b23-12-/t25-,27-,28-/m1/s1. The van der Waals surface area contributed by atoms with Crippen LogP contribution in [0.25, 0.3) is 11.9 Å². The van der Waals surface area contributed by atoms with Crippen LogP contribution >= 0.6 is 11.8 Å². The number of hydrogen-bond acceptors (Lipinski definition) is 7. The van der Waals surface area contributed by atoms with Gasteiger partial charge in [-0.1, -0.05) is 30.0 Å². The molecule has 3 aromatic rings. The van der Waals surface area contributed by atoms with Gasteiger partial charge >= 0.3 is 0 Å². The molecule has 0 spiro atoms. The highest BCUT2D eigenvalue weighted by Crippen LogP contribution is 2.74. The zero-order chi connectivity index (χ0) is 28.7. The first-order chi connectivity index (χ1) is 19.1. The van der Waals surface area contributed by atoms with E-state index < -0.39 is 40.4 Å². The Labute approximate surface area is 232 Å². The Morgan fingerprint density at radius 3 is 2.58 bits per heavy atom. The molecule has 40 heavy (non-hydrogen) atoms. The number of methoxy groups -OCH3 is 1. The molecular formula is C29H24F4N4O2S. The smallest absolute Gasteiger partial charge is 0.272 e. The van der Waals surface area contributed by atoms with Crippen molar-refractivity contribution in [2.24, 2.45) is 10.9 Å². The number of hydrogen-bond donors (Lipinski definition) is 2. The number of nitrogens with one attached hydrogen (secondary N) is 1. The van der Waals surface area contributed by atoms with E-state index in [0.29, 0.717) is 5.75 Å². The zero-order valence-corrected chi connectivity index (χ0v) is 22.3. The largest absolute Gasteiger partial charge is 0.497 e. The van der Waals surface area contributed by atoms with Gasteiger partial charge in [0.15, 0.2) is 5.17 Å². The Balaban J connectivity index is 1.50. The third kappa shape index (κ3) is 4.61. The molecule has 1 aliphatic heterocycles. The van der Waals surface area contributed by atoms with E-state index in [1.807, 2.05) is 18.2 Å². The second kappa shape index (κ2) is 10.3. The highest BCUT2D eigenvalue weighted by Gasteiger charge is 2.87. The van der Waals surface area contributed by atoms with E-state index in [-0.39, 0.29) is 34.1 Å². The Kier molecular flexibility index (Phi) is 7.10. The van der Waals surface area contributed by atoms with E-state index >= 15 is 13.2 Å². The van der Waals surface area contributed by atoms with Gasteiger partial charge in [-0.15, -0.1) is 0 Å². The maximum absolute atomic E-state index is 15.4. The molecule has 0 saturated heterocycles. The van der Waals surface area contributed by atoms with Gasteiger partial charge in [-0.25, -0.2) is 17.6 Å². The van der Waals surface area contributed by atoms with Crippen molar-refractivity contribution in [3.63, 3.8) is 0 Å². The molecule has 6 nitrogen and oxygen atoms in total. The molecule has 0 amide bonds. The molecular weight excluding hydrogens is 544 g/mol. The van der Waals surface area contributed by atoms with Crippen LogP contribution in [-0.2, 0) is 12.1 Å². The number of pyridine rings is 1. The fourth-order valence-electron chi connectivity index (χ4n) is 5.12. The number of aliphatic imine (C=N–C) groups is 1. The first kappa shape index (κ1) is 27.7. The number of fused-ring (bicyclic) bond motifs is 1.